The molecule has 1 unspecified atom stereocenters. The van der Waals surface area contributed by atoms with Crippen LogP contribution in [-0.2, 0) is 0 Å². The van der Waals surface area contributed by atoms with Crippen LogP contribution in [0.15, 0.2) is 18.2 Å². The molecule has 3 N–H and O–H groups in total. The summed E-state index contributed by atoms with van der Waals surface area (Å²) >= 11 is 5.35. The Morgan fingerprint density at radius 1 is 1.33 bits per heavy atom. The standard InChI is InChI=1S/C8H7ClF4N2/c9-5-3-4(1-2-6(5)10)7(15-14)8(11,12)13/h1-3,7,15H,14H2. The molecule has 0 aliphatic heterocycles. The lowest BCUT2D eigenvalue weighted by Crippen LogP contribution is -2.38. The van der Waals surface area contributed by atoms with Crippen molar-refractivity contribution in [3.05, 3.63) is 34.6 Å². The third-order valence-electron chi connectivity index (χ3n) is 1.77. The summed E-state index contributed by atoms with van der Waals surface area (Å²) in [5.41, 5.74) is 1.36. The highest BCUT2D eigenvalue weighted by molar-refractivity contribution is 6.30. The average Bonchev–Trinajstić information content (AvgIpc) is 2.10. The highest BCUT2D eigenvalue weighted by Crippen LogP contribution is 2.33. The fraction of sp³-hybridized carbons (Fsp3) is 0.250. The van der Waals surface area contributed by atoms with Crippen molar-refractivity contribution in [2.75, 3.05) is 0 Å². The lowest BCUT2D eigenvalue weighted by molar-refractivity contribution is -0.157. The molecular weight excluding hydrogens is 236 g/mol. The fourth-order valence-electron chi connectivity index (χ4n) is 1.07. The van der Waals surface area contributed by atoms with Crippen LogP contribution in [0.1, 0.15) is 11.6 Å². The lowest BCUT2D eigenvalue weighted by Gasteiger charge is -2.19. The summed E-state index contributed by atoms with van der Waals surface area (Å²) in [7, 11) is 0. The second-order valence-electron chi connectivity index (χ2n) is 2.81. The number of alkyl halides is 3. The van der Waals surface area contributed by atoms with Gasteiger partial charge in [0.2, 0.25) is 0 Å². The van der Waals surface area contributed by atoms with Gasteiger partial charge in [-0.15, -0.1) is 0 Å². The molecule has 0 spiro atoms. The van der Waals surface area contributed by atoms with Crippen LogP contribution < -0.4 is 11.3 Å². The largest absolute Gasteiger partial charge is 0.409 e. The molecule has 1 aromatic rings. The molecule has 7 heteroatoms. The molecule has 0 radical (unpaired) electrons. The minimum absolute atomic E-state index is 0.239. The van der Waals surface area contributed by atoms with Crippen LogP contribution in [0.5, 0.6) is 0 Å². The number of hydrogen-bond acceptors (Lipinski definition) is 2. The third kappa shape index (κ3) is 2.80. The van der Waals surface area contributed by atoms with E-state index in [1.165, 1.54) is 0 Å². The Balaban J connectivity index is 3.08. The van der Waals surface area contributed by atoms with E-state index in [1.807, 2.05) is 0 Å². The molecule has 1 rings (SSSR count). The fourth-order valence-corrected chi connectivity index (χ4v) is 1.26. The van der Waals surface area contributed by atoms with E-state index in [2.05, 4.69) is 0 Å². The SMILES string of the molecule is NNC(c1ccc(F)c(Cl)c1)C(F)(F)F. The number of rotatable bonds is 2. The van der Waals surface area contributed by atoms with Gasteiger partial charge in [-0.3, -0.25) is 5.84 Å². The molecule has 0 bridgehead atoms. The van der Waals surface area contributed by atoms with E-state index in [1.54, 1.807) is 5.43 Å². The van der Waals surface area contributed by atoms with Crippen molar-refractivity contribution in [3.63, 3.8) is 0 Å². The van der Waals surface area contributed by atoms with Gasteiger partial charge in [-0.1, -0.05) is 17.7 Å². The van der Waals surface area contributed by atoms with Crippen molar-refractivity contribution in [2.45, 2.75) is 12.2 Å². The molecule has 1 atom stereocenters. The topological polar surface area (TPSA) is 38.0 Å². The molecule has 0 saturated heterocycles. The number of nitrogens with one attached hydrogen (secondary N) is 1. The lowest BCUT2D eigenvalue weighted by atomic mass is 10.1. The molecule has 2 nitrogen and oxygen atoms in total. The zero-order valence-corrected chi connectivity index (χ0v) is 8.03. The van der Waals surface area contributed by atoms with Crippen LogP contribution in [0.4, 0.5) is 17.6 Å². The molecule has 15 heavy (non-hydrogen) atoms. The molecule has 0 amide bonds. The van der Waals surface area contributed by atoms with E-state index in [0.29, 0.717) is 0 Å². The van der Waals surface area contributed by atoms with Gasteiger partial charge >= 0.3 is 6.18 Å². The summed E-state index contributed by atoms with van der Waals surface area (Å²) in [5, 5.41) is -0.378. The number of halogens is 5. The van der Waals surface area contributed by atoms with Crippen molar-refractivity contribution in [3.8, 4) is 0 Å². The second kappa shape index (κ2) is 4.34. The second-order valence-corrected chi connectivity index (χ2v) is 3.22. The maximum absolute atomic E-state index is 12.7. The zero-order valence-electron chi connectivity index (χ0n) is 7.28. The minimum atomic E-state index is -4.56. The monoisotopic (exact) mass is 242 g/mol. The van der Waals surface area contributed by atoms with Gasteiger partial charge in [-0.05, 0) is 17.7 Å². The summed E-state index contributed by atoms with van der Waals surface area (Å²) < 4.78 is 49.8. The molecule has 1 aromatic carbocycles. The molecule has 0 saturated carbocycles. The van der Waals surface area contributed by atoms with Gasteiger partial charge in [0, 0.05) is 0 Å². The van der Waals surface area contributed by atoms with Crippen LogP contribution in [-0.4, -0.2) is 6.18 Å². The first-order valence-electron chi connectivity index (χ1n) is 3.84. The van der Waals surface area contributed by atoms with Crippen LogP contribution in [0.3, 0.4) is 0 Å². The van der Waals surface area contributed by atoms with E-state index in [0.717, 1.165) is 18.2 Å². The molecule has 0 aromatic heterocycles. The van der Waals surface area contributed by atoms with Crippen molar-refractivity contribution < 1.29 is 17.6 Å². The zero-order chi connectivity index (χ0) is 11.6. The van der Waals surface area contributed by atoms with Crippen molar-refractivity contribution in [2.24, 2.45) is 5.84 Å². The maximum atomic E-state index is 12.7. The molecule has 0 fully saturated rings. The Bertz CT molecular complexity index is 353. The highest BCUT2D eigenvalue weighted by Gasteiger charge is 2.40. The molecule has 0 aliphatic rings. The third-order valence-corrected chi connectivity index (χ3v) is 2.06. The predicted octanol–water partition coefficient (Wildman–Crippen LogP) is 2.55. The van der Waals surface area contributed by atoms with Gasteiger partial charge in [0.1, 0.15) is 11.9 Å². The summed E-state index contributed by atoms with van der Waals surface area (Å²) in [4.78, 5) is 0. The normalized spacial score (nSPS) is 14.0. The van der Waals surface area contributed by atoms with Gasteiger partial charge in [0.15, 0.2) is 0 Å². The van der Waals surface area contributed by atoms with E-state index >= 15 is 0 Å². The first kappa shape index (κ1) is 12.2. The number of benzene rings is 1. The van der Waals surface area contributed by atoms with Crippen molar-refractivity contribution in [1.29, 1.82) is 0 Å². The first-order valence-corrected chi connectivity index (χ1v) is 4.22. The summed E-state index contributed by atoms with van der Waals surface area (Å²) in [6.45, 7) is 0. The number of hydrazine groups is 1. The van der Waals surface area contributed by atoms with Gasteiger partial charge in [-0.2, -0.15) is 13.2 Å². The number of nitrogens with two attached hydrogens (primary N) is 1. The Morgan fingerprint density at radius 3 is 2.33 bits per heavy atom. The Kier molecular flexibility index (Phi) is 3.54. The maximum Gasteiger partial charge on any atom is 0.409 e. The van der Waals surface area contributed by atoms with E-state index in [4.69, 9.17) is 17.4 Å². The van der Waals surface area contributed by atoms with Crippen LogP contribution in [0.2, 0.25) is 5.02 Å². The van der Waals surface area contributed by atoms with Crippen molar-refractivity contribution in [1.82, 2.24) is 5.43 Å². The Morgan fingerprint density at radius 2 is 1.93 bits per heavy atom. The van der Waals surface area contributed by atoms with Crippen molar-refractivity contribution >= 4 is 11.6 Å². The summed E-state index contributed by atoms with van der Waals surface area (Å²) in [5.74, 6) is 3.99. The van der Waals surface area contributed by atoms with Gasteiger partial charge in [-0.25, -0.2) is 9.82 Å². The Labute approximate surface area is 88.0 Å². The smallest absolute Gasteiger partial charge is 0.271 e. The van der Waals surface area contributed by atoms with Gasteiger partial charge in [0.05, 0.1) is 5.02 Å². The van der Waals surface area contributed by atoms with Crippen LogP contribution >= 0.6 is 11.6 Å². The van der Waals surface area contributed by atoms with Gasteiger partial charge in [0.25, 0.3) is 0 Å². The minimum Gasteiger partial charge on any atom is -0.271 e. The first-order chi connectivity index (χ1) is 6.86. The highest BCUT2D eigenvalue weighted by atomic mass is 35.5. The van der Waals surface area contributed by atoms with E-state index in [9.17, 15) is 17.6 Å². The molecule has 0 aliphatic carbocycles. The average molecular weight is 243 g/mol. The molecule has 84 valence electrons. The predicted molar refractivity (Wildman–Crippen MR) is 47.5 cm³/mol. The summed E-state index contributed by atoms with van der Waals surface area (Å²) in [6, 6.07) is 0.651. The summed E-state index contributed by atoms with van der Waals surface area (Å²) in [6.07, 6.45) is -4.56. The molecular formula is C8H7ClF4N2. The number of hydrogen-bond donors (Lipinski definition) is 2. The quantitative estimate of drug-likeness (QED) is 0.475. The molecule has 0 heterocycles. The Hall–Kier alpha value is -0.850. The van der Waals surface area contributed by atoms with Gasteiger partial charge < -0.3 is 0 Å². The van der Waals surface area contributed by atoms with E-state index in [-0.39, 0.29) is 10.6 Å². The van der Waals surface area contributed by atoms with Crippen LogP contribution in [0.25, 0.3) is 0 Å². The van der Waals surface area contributed by atoms with E-state index < -0.39 is 18.0 Å². The van der Waals surface area contributed by atoms with Crippen LogP contribution in [0, 0.1) is 5.82 Å².